The average molecular weight is 524 g/mol. The molecule has 206 valence electrons. The Kier molecular flexibility index (Phi) is 12.5. The van der Waals surface area contributed by atoms with E-state index in [9.17, 15) is 39.3 Å². The number of benzene rings is 1. The number of carbonyl (C=O) groups is 5. The number of amides is 4. The summed E-state index contributed by atoms with van der Waals surface area (Å²) in [4.78, 5) is 61.2. The molecule has 10 N–H and O–H groups in total. The number of primary amides is 1. The first-order valence-corrected chi connectivity index (χ1v) is 11.8. The lowest BCUT2D eigenvalue weighted by Crippen LogP contribution is -2.58. The molecular weight excluding hydrogens is 486 g/mol. The topological polar surface area (TPSA) is 234 Å². The molecule has 13 heteroatoms. The molecule has 1 rings (SSSR count). The van der Waals surface area contributed by atoms with Gasteiger partial charge in [0.15, 0.2) is 6.04 Å². The number of aliphatic carboxylic acids is 1. The molecular formula is C24H37N5O8. The Hall–Kier alpha value is -3.71. The van der Waals surface area contributed by atoms with Gasteiger partial charge in [0.25, 0.3) is 0 Å². The van der Waals surface area contributed by atoms with Gasteiger partial charge in [-0.15, -0.1) is 0 Å². The van der Waals surface area contributed by atoms with E-state index in [0.717, 1.165) is 0 Å². The first-order valence-electron chi connectivity index (χ1n) is 11.8. The lowest BCUT2D eigenvalue weighted by Gasteiger charge is -2.26. The van der Waals surface area contributed by atoms with E-state index >= 15 is 0 Å². The fraction of sp³-hybridized carbons (Fsp3) is 0.542. The van der Waals surface area contributed by atoms with Crippen LogP contribution >= 0.6 is 0 Å². The van der Waals surface area contributed by atoms with Gasteiger partial charge in [0.1, 0.15) is 17.8 Å². The Morgan fingerprint density at radius 3 is 1.92 bits per heavy atom. The molecule has 13 nitrogen and oxygen atoms in total. The van der Waals surface area contributed by atoms with Crippen molar-refractivity contribution in [2.24, 2.45) is 17.4 Å². The van der Waals surface area contributed by atoms with E-state index in [1.807, 2.05) is 0 Å². The van der Waals surface area contributed by atoms with Crippen LogP contribution in [0.25, 0.3) is 0 Å². The minimum atomic E-state index is -1.60. The van der Waals surface area contributed by atoms with Gasteiger partial charge in [0.2, 0.25) is 23.6 Å². The second-order valence-corrected chi connectivity index (χ2v) is 9.30. The van der Waals surface area contributed by atoms with Crippen molar-refractivity contribution in [3.63, 3.8) is 0 Å². The molecule has 1 aromatic rings. The van der Waals surface area contributed by atoms with Crippen molar-refractivity contribution in [1.82, 2.24) is 16.0 Å². The molecule has 0 aliphatic rings. The number of aliphatic hydroxyl groups is 1. The fourth-order valence-electron chi connectivity index (χ4n) is 3.43. The summed E-state index contributed by atoms with van der Waals surface area (Å²) in [5.41, 5.74) is 11.8. The smallest absolute Gasteiger partial charge is 0.328 e. The van der Waals surface area contributed by atoms with Gasteiger partial charge in [-0.1, -0.05) is 26.0 Å². The molecule has 0 aliphatic heterocycles. The molecule has 5 unspecified atom stereocenters. The van der Waals surface area contributed by atoms with Gasteiger partial charge in [-0.3, -0.25) is 19.2 Å². The zero-order valence-electron chi connectivity index (χ0n) is 21.1. The number of nitrogens with one attached hydrogen (secondary N) is 3. The van der Waals surface area contributed by atoms with Crippen LogP contribution in [-0.2, 0) is 30.4 Å². The number of rotatable bonds is 15. The maximum Gasteiger partial charge on any atom is 0.328 e. The minimum Gasteiger partial charge on any atom is -0.508 e. The molecule has 0 aliphatic carbocycles. The van der Waals surface area contributed by atoms with Gasteiger partial charge in [-0.25, -0.2) is 4.79 Å². The van der Waals surface area contributed by atoms with E-state index in [1.165, 1.54) is 19.1 Å². The van der Waals surface area contributed by atoms with Crippen molar-refractivity contribution in [2.75, 3.05) is 0 Å². The Balaban J connectivity index is 3.00. The molecule has 0 fully saturated rings. The van der Waals surface area contributed by atoms with Crippen molar-refractivity contribution in [1.29, 1.82) is 0 Å². The standard InChI is InChI=1S/C24H37N5O8/c1-12(2)10-18(23(35)29-20(13(3)30)24(36)37)28-22(34)17(8-9-19(26)32)27-21(33)16(25)11-14-4-6-15(31)7-5-14/h4-7,12-13,16-18,20,30-31H,8-11,25H2,1-3H3,(H2,26,32)(H,27,33)(H,28,34)(H,29,35)(H,36,37). The molecule has 5 atom stereocenters. The van der Waals surface area contributed by atoms with E-state index in [-0.39, 0.29) is 37.4 Å². The van der Waals surface area contributed by atoms with Crippen molar-refractivity contribution in [2.45, 2.75) is 76.7 Å². The van der Waals surface area contributed by atoms with Crippen molar-refractivity contribution >= 4 is 29.6 Å². The van der Waals surface area contributed by atoms with Gasteiger partial charge >= 0.3 is 5.97 Å². The second kappa shape index (κ2) is 14.8. The Morgan fingerprint density at radius 1 is 0.892 bits per heavy atom. The number of aliphatic hydroxyl groups excluding tert-OH is 1. The molecule has 1 aromatic carbocycles. The highest BCUT2D eigenvalue weighted by molar-refractivity contribution is 5.94. The SMILES string of the molecule is CC(C)CC(NC(=O)C(CCC(N)=O)NC(=O)C(N)Cc1ccc(O)cc1)C(=O)NC(C(=O)O)C(C)O. The number of hydrogen-bond acceptors (Lipinski definition) is 8. The van der Waals surface area contributed by atoms with Crippen LogP contribution in [0.4, 0.5) is 0 Å². The quantitative estimate of drug-likeness (QED) is 0.133. The molecule has 0 aromatic heterocycles. The van der Waals surface area contributed by atoms with Crippen LogP contribution < -0.4 is 27.4 Å². The lowest BCUT2D eigenvalue weighted by molar-refractivity contribution is -0.145. The van der Waals surface area contributed by atoms with Gasteiger partial charge in [0.05, 0.1) is 12.1 Å². The van der Waals surface area contributed by atoms with E-state index in [2.05, 4.69) is 16.0 Å². The first-order chi connectivity index (χ1) is 17.2. The maximum absolute atomic E-state index is 13.1. The molecule has 0 bridgehead atoms. The first kappa shape index (κ1) is 31.3. The molecule has 4 amide bonds. The number of carbonyl (C=O) groups excluding carboxylic acids is 4. The van der Waals surface area contributed by atoms with Crippen LogP contribution in [-0.4, -0.2) is 75.2 Å². The lowest BCUT2D eigenvalue weighted by atomic mass is 10.0. The molecule has 0 radical (unpaired) electrons. The normalized spacial score (nSPS) is 15.1. The van der Waals surface area contributed by atoms with Crippen LogP contribution in [0, 0.1) is 5.92 Å². The van der Waals surface area contributed by atoms with Gasteiger partial charge in [0, 0.05) is 6.42 Å². The zero-order chi connectivity index (χ0) is 28.3. The highest BCUT2D eigenvalue weighted by Crippen LogP contribution is 2.12. The van der Waals surface area contributed by atoms with E-state index in [4.69, 9.17) is 11.5 Å². The third-order valence-corrected chi connectivity index (χ3v) is 5.43. The van der Waals surface area contributed by atoms with Crippen LogP contribution in [0.2, 0.25) is 0 Å². The average Bonchev–Trinajstić information content (AvgIpc) is 2.79. The van der Waals surface area contributed by atoms with Crippen molar-refractivity contribution in [3.05, 3.63) is 29.8 Å². The number of phenols is 1. The van der Waals surface area contributed by atoms with E-state index in [1.54, 1.807) is 26.0 Å². The highest BCUT2D eigenvalue weighted by Gasteiger charge is 2.32. The van der Waals surface area contributed by atoms with Crippen LogP contribution in [0.3, 0.4) is 0 Å². The van der Waals surface area contributed by atoms with Crippen LogP contribution in [0.1, 0.15) is 45.6 Å². The second-order valence-electron chi connectivity index (χ2n) is 9.30. The largest absolute Gasteiger partial charge is 0.508 e. The summed E-state index contributed by atoms with van der Waals surface area (Å²) >= 11 is 0. The predicted octanol–water partition coefficient (Wildman–Crippen LogP) is -1.51. The molecule has 0 spiro atoms. The summed E-state index contributed by atoms with van der Waals surface area (Å²) in [6, 6.07) is 0.948. The zero-order valence-corrected chi connectivity index (χ0v) is 21.1. The molecule has 0 saturated heterocycles. The van der Waals surface area contributed by atoms with E-state index < -0.39 is 59.9 Å². The van der Waals surface area contributed by atoms with E-state index in [0.29, 0.717) is 5.56 Å². The van der Waals surface area contributed by atoms with Gasteiger partial charge in [-0.05, 0) is 49.8 Å². The summed E-state index contributed by atoms with van der Waals surface area (Å²) in [6.07, 6.45) is -1.57. The van der Waals surface area contributed by atoms with Crippen molar-refractivity contribution in [3.8, 4) is 5.75 Å². The summed E-state index contributed by atoms with van der Waals surface area (Å²) in [5.74, 6) is -4.53. The molecule has 0 saturated carbocycles. The molecule has 0 heterocycles. The minimum absolute atomic E-state index is 0.0491. The summed E-state index contributed by atoms with van der Waals surface area (Å²) in [7, 11) is 0. The highest BCUT2D eigenvalue weighted by atomic mass is 16.4. The number of phenolic OH excluding ortho intramolecular Hbond substituents is 1. The molecule has 37 heavy (non-hydrogen) atoms. The van der Waals surface area contributed by atoms with Crippen LogP contribution in [0.15, 0.2) is 24.3 Å². The Bertz CT molecular complexity index is 951. The number of hydrogen-bond donors (Lipinski definition) is 8. The summed E-state index contributed by atoms with van der Waals surface area (Å²) in [5, 5.41) is 35.5. The van der Waals surface area contributed by atoms with Gasteiger partial charge in [-0.2, -0.15) is 0 Å². The summed E-state index contributed by atoms with van der Waals surface area (Å²) < 4.78 is 0. The van der Waals surface area contributed by atoms with Gasteiger partial charge < -0.3 is 42.7 Å². The Labute approximate surface area is 215 Å². The van der Waals surface area contributed by atoms with Crippen LogP contribution in [0.5, 0.6) is 5.75 Å². The Morgan fingerprint density at radius 2 is 1.43 bits per heavy atom. The number of carboxylic acids is 1. The third kappa shape index (κ3) is 11.3. The number of carboxylic acid groups (broad SMARTS) is 1. The maximum atomic E-state index is 13.1. The number of nitrogens with two attached hydrogens (primary N) is 2. The van der Waals surface area contributed by atoms with Crippen molar-refractivity contribution < 1.29 is 39.3 Å². The monoisotopic (exact) mass is 523 g/mol. The number of aromatic hydroxyl groups is 1. The summed E-state index contributed by atoms with van der Waals surface area (Å²) in [6.45, 7) is 4.76. The third-order valence-electron chi connectivity index (χ3n) is 5.43. The fourth-order valence-corrected chi connectivity index (χ4v) is 3.43. The predicted molar refractivity (Wildman–Crippen MR) is 133 cm³/mol.